The Hall–Kier alpha value is -8.66. The van der Waals surface area contributed by atoms with E-state index in [1.165, 1.54) is 54.5 Å². The number of anilines is 3. The standard InChI is InChI=1S/C62H40N2O/c1-3-15-41(16-4-1)51-40-39-50(61-55-22-10-12-28-59(55)65-62(51)61)44-31-36-47(37-32-44)63(56-26-14-24-52-48-20-8-7-17-42(48)33-38-53(52)56)46-34-29-43(30-35-46)49-23-13-27-58-60(49)54-21-9-11-25-57(54)64(58)45-18-5-2-6-19-45/h1-40H. The van der Waals surface area contributed by atoms with Gasteiger partial charge < -0.3 is 13.9 Å². The first-order valence-electron chi connectivity index (χ1n) is 22.3. The maximum Gasteiger partial charge on any atom is 0.143 e. The monoisotopic (exact) mass is 828 g/mol. The predicted octanol–water partition coefficient (Wildman–Crippen LogP) is 17.5. The maximum absolute atomic E-state index is 6.65. The van der Waals surface area contributed by atoms with E-state index < -0.39 is 0 Å². The molecule has 0 aliphatic heterocycles. The van der Waals surface area contributed by atoms with Crippen LogP contribution < -0.4 is 4.90 Å². The minimum atomic E-state index is 0.889. The molecule has 0 aliphatic carbocycles. The van der Waals surface area contributed by atoms with Crippen molar-refractivity contribution in [2.24, 2.45) is 0 Å². The van der Waals surface area contributed by atoms with E-state index in [4.69, 9.17) is 4.42 Å². The first kappa shape index (κ1) is 36.9. The normalized spacial score (nSPS) is 11.7. The number of hydrogen-bond donors (Lipinski definition) is 0. The van der Waals surface area contributed by atoms with E-state index in [2.05, 4.69) is 246 Å². The summed E-state index contributed by atoms with van der Waals surface area (Å²) < 4.78 is 9.03. The van der Waals surface area contributed by atoms with E-state index in [-0.39, 0.29) is 0 Å². The molecule has 0 atom stereocenters. The smallest absolute Gasteiger partial charge is 0.143 e. The number of aromatic nitrogens is 1. The Morgan fingerprint density at radius 3 is 1.66 bits per heavy atom. The second-order valence-corrected chi connectivity index (χ2v) is 16.8. The molecule has 13 rings (SSSR count). The lowest BCUT2D eigenvalue weighted by atomic mass is 9.94. The van der Waals surface area contributed by atoms with Gasteiger partial charge in [-0.15, -0.1) is 0 Å². The molecule has 0 bridgehead atoms. The average Bonchev–Trinajstić information content (AvgIpc) is 3.94. The highest BCUT2D eigenvalue weighted by Gasteiger charge is 2.21. The third-order valence-corrected chi connectivity index (χ3v) is 13.2. The van der Waals surface area contributed by atoms with Gasteiger partial charge in [0.2, 0.25) is 0 Å². The minimum absolute atomic E-state index is 0.889. The van der Waals surface area contributed by atoms with E-state index in [1.54, 1.807) is 0 Å². The van der Waals surface area contributed by atoms with Gasteiger partial charge in [0, 0.05) is 49.6 Å². The van der Waals surface area contributed by atoms with Crippen LogP contribution in [0, 0.1) is 0 Å². The lowest BCUT2D eigenvalue weighted by molar-refractivity contribution is 0.670. The number of hydrogen-bond acceptors (Lipinski definition) is 2. The van der Waals surface area contributed by atoms with Gasteiger partial charge in [-0.25, -0.2) is 0 Å². The molecule has 0 saturated heterocycles. The molecule has 0 unspecified atom stereocenters. The van der Waals surface area contributed by atoms with E-state index in [9.17, 15) is 0 Å². The molecule has 0 amide bonds. The molecule has 0 saturated carbocycles. The Bertz CT molecular complexity index is 3870. The summed E-state index contributed by atoms with van der Waals surface area (Å²) in [5.74, 6) is 0. The van der Waals surface area contributed by atoms with Gasteiger partial charge in [-0.05, 0) is 111 Å². The SMILES string of the molecule is c1ccc(-c2ccc(-c3ccc(N(c4ccc(-c5cccc6c5c5ccccc5n6-c5ccccc5)cc4)c4cccc5c4ccc4ccccc45)cc3)c3c2oc2ccccc23)cc1. The van der Waals surface area contributed by atoms with Crippen LogP contribution in [0.5, 0.6) is 0 Å². The highest BCUT2D eigenvalue weighted by molar-refractivity contribution is 6.18. The molecule has 2 aromatic heterocycles. The molecule has 3 nitrogen and oxygen atoms in total. The molecule has 0 radical (unpaired) electrons. The minimum Gasteiger partial charge on any atom is -0.455 e. The molecule has 0 spiro atoms. The molecular weight excluding hydrogens is 789 g/mol. The number of para-hydroxylation sites is 3. The van der Waals surface area contributed by atoms with Crippen LogP contribution in [0.1, 0.15) is 0 Å². The molecule has 11 aromatic carbocycles. The molecular formula is C62H40N2O. The van der Waals surface area contributed by atoms with Crippen molar-refractivity contribution in [3.05, 3.63) is 243 Å². The molecule has 13 aromatic rings. The van der Waals surface area contributed by atoms with Crippen molar-refractivity contribution in [1.82, 2.24) is 4.57 Å². The molecule has 304 valence electrons. The quantitative estimate of drug-likeness (QED) is 0.149. The Morgan fingerprint density at radius 2 is 0.892 bits per heavy atom. The molecule has 0 aliphatic rings. The number of furan rings is 1. The van der Waals surface area contributed by atoms with Gasteiger partial charge in [-0.1, -0.05) is 176 Å². The van der Waals surface area contributed by atoms with Crippen molar-refractivity contribution in [2.75, 3.05) is 4.90 Å². The van der Waals surface area contributed by atoms with Crippen LogP contribution in [0.2, 0.25) is 0 Å². The summed E-state index contributed by atoms with van der Waals surface area (Å²) in [6.07, 6.45) is 0. The van der Waals surface area contributed by atoms with E-state index in [0.717, 1.165) is 66.9 Å². The first-order valence-corrected chi connectivity index (χ1v) is 22.3. The van der Waals surface area contributed by atoms with Crippen LogP contribution in [-0.4, -0.2) is 4.57 Å². The van der Waals surface area contributed by atoms with Gasteiger partial charge in [-0.3, -0.25) is 0 Å². The Kier molecular flexibility index (Phi) is 8.53. The average molecular weight is 829 g/mol. The molecule has 0 fully saturated rings. The van der Waals surface area contributed by atoms with Gasteiger partial charge in [0.25, 0.3) is 0 Å². The van der Waals surface area contributed by atoms with Crippen molar-refractivity contribution >= 4 is 82.4 Å². The molecule has 3 heteroatoms. The Morgan fingerprint density at radius 1 is 0.323 bits per heavy atom. The van der Waals surface area contributed by atoms with E-state index in [1.807, 2.05) is 6.07 Å². The van der Waals surface area contributed by atoms with Crippen LogP contribution in [0.25, 0.3) is 104 Å². The van der Waals surface area contributed by atoms with Crippen molar-refractivity contribution in [2.45, 2.75) is 0 Å². The van der Waals surface area contributed by atoms with Gasteiger partial charge in [-0.2, -0.15) is 0 Å². The summed E-state index contributed by atoms with van der Waals surface area (Å²) in [6.45, 7) is 0. The third kappa shape index (κ3) is 5.97. The molecule has 2 heterocycles. The number of benzene rings is 11. The predicted molar refractivity (Wildman–Crippen MR) is 274 cm³/mol. The van der Waals surface area contributed by atoms with Crippen molar-refractivity contribution in [1.29, 1.82) is 0 Å². The highest BCUT2D eigenvalue weighted by atomic mass is 16.3. The first-order chi connectivity index (χ1) is 32.3. The second-order valence-electron chi connectivity index (χ2n) is 16.8. The molecule has 0 N–H and O–H groups in total. The van der Waals surface area contributed by atoms with Gasteiger partial charge in [0.1, 0.15) is 11.2 Å². The Balaban J connectivity index is 0.966. The fourth-order valence-corrected chi connectivity index (χ4v) is 10.3. The topological polar surface area (TPSA) is 21.3 Å². The summed E-state index contributed by atoms with van der Waals surface area (Å²) in [4.78, 5) is 2.41. The summed E-state index contributed by atoms with van der Waals surface area (Å²) in [5.41, 5.74) is 15.5. The Labute approximate surface area is 376 Å². The lowest BCUT2D eigenvalue weighted by Gasteiger charge is -2.27. The number of nitrogens with zero attached hydrogens (tertiary/aromatic N) is 2. The van der Waals surface area contributed by atoms with Crippen LogP contribution >= 0.6 is 0 Å². The largest absolute Gasteiger partial charge is 0.455 e. The lowest BCUT2D eigenvalue weighted by Crippen LogP contribution is -2.10. The van der Waals surface area contributed by atoms with Crippen LogP contribution in [0.3, 0.4) is 0 Å². The van der Waals surface area contributed by atoms with Crippen LogP contribution in [-0.2, 0) is 0 Å². The zero-order valence-corrected chi connectivity index (χ0v) is 35.4. The second kappa shape index (κ2) is 15.0. The zero-order chi connectivity index (χ0) is 42.8. The van der Waals surface area contributed by atoms with Crippen LogP contribution in [0.4, 0.5) is 17.1 Å². The van der Waals surface area contributed by atoms with Crippen molar-refractivity contribution in [3.63, 3.8) is 0 Å². The fourth-order valence-electron chi connectivity index (χ4n) is 10.3. The maximum atomic E-state index is 6.65. The van der Waals surface area contributed by atoms with Gasteiger partial charge >= 0.3 is 0 Å². The summed E-state index contributed by atoms with van der Waals surface area (Å²) in [5, 5.41) is 9.64. The summed E-state index contributed by atoms with van der Waals surface area (Å²) in [6, 6.07) is 87.6. The van der Waals surface area contributed by atoms with Crippen molar-refractivity contribution < 1.29 is 4.42 Å². The van der Waals surface area contributed by atoms with E-state index in [0.29, 0.717) is 0 Å². The van der Waals surface area contributed by atoms with Crippen LogP contribution in [0.15, 0.2) is 247 Å². The third-order valence-electron chi connectivity index (χ3n) is 13.2. The summed E-state index contributed by atoms with van der Waals surface area (Å²) >= 11 is 0. The summed E-state index contributed by atoms with van der Waals surface area (Å²) in [7, 11) is 0. The fraction of sp³-hybridized carbons (Fsp3) is 0. The zero-order valence-electron chi connectivity index (χ0n) is 35.4. The number of rotatable bonds is 7. The number of fused-ring (bicyclic) bond motifs is 9. The van der Waals surface area contributed by atoms with Crippen molar-refractivity contribution in [3.8, 4) is 39.1 Å². The van der Waals surface area contributed by atoms with Gasteiger partial charge in [0.05, 0.1) is 16.7 Å². The van der Waals surface area contributed by atoms with E-state index >= 15 is 0 Å². The highest BCUT2D eigenvalue weighted by Crippen LogP contribution is 2.45. The molecule has 65 heavy (non-hydrogen) atoms. The van der Waals surface area contributed by atoms with Gasteiger partial charge in [0.15, 0.2) is 0 Å².